The Morgan fingerprint density at radius 2 is 2.00 bits per heavy atom. The van der Waals surface area contributed by atoms with Crippen molar-refractivity contribution in [2.75, 3.05) is 33.7 Å². The van der Waals surface area contributed by atoms with Gasteiger partial charge in [-0.05, 0) is 51.0 Å². The Morgan fingerprint density at radius 3 is 2.55 bits per heavy atom. The monoisotopic (exact) mass is 275 g/mol. The van der Waals surface area contributed by atoms with Crippen LogP contribution in [0.2, 0.25) is 0 Å². The highest BCUT2D eigenvalue weighted by molar-refractivity contribution is 5.25. The number of hydrogen-bond donors (Lipinski definition) is 1. The number of nitrogens with two attached hydrogens (primary N) is 1. The lowest BCUT2D eigenvalue weighted by Crippen LogP contribution is -2.42. The van der Waals surface area contributed by atoms with E-state index in [4.69, 9.17) is 5.73 Å². The summed E-state index contributed by atoms with van der Waals surface area (Å²) in [5, 5.41) is 0. The average Bonchev–Trinajstić information content (AvgIpc) is 2.88. The lowest BCUT2D eigenvalue weighted by Gasteiger charge is -2.34. The maximum Gasteiger partial charge on any atom is 0.0473 e. The van der Waals surface area contributed by atoms with Gasteiger partial charge in [0, 0.05) is 25.2 Å². The van der Waals surface area contributed by atoms with E-state index in [1.165, 1.54) is 30.5 Å². The van der Waals surface area contributed by atoms with Gasteiger partial charge in [-0.2, -0.15) is 0 Å². The second-order valence-electron chi connectivity index (χ2n) is 6.14. The van der Waals surface area contributed by atoms with Crippen molar-refractivity contribution in [3.8, 4) is 0 Å². The van der Waals surface area contributed by atoms with Crippen LogP contribution < -0.4 is 5.73 Å². The summed E-state index contributed by atoms with van der Waals surface area (Å²) in [4.78, 5) is 4.90. The van der Waals surface area contributed by atoms with Gasteiger partial charge in [0.05, 0.1) is 0 Å². The first-order chi connectivity index (χ1) is 9.65. The van der Waals surface area contributed by atoms with Gasteiger partial charge in [0.1, 0.15) is 0 Å². The number of aryl methyl sites for hydroxylation is 1. The summed E-state index contributed by atoms with van der Waals surface area (Å²) in [6.07, 6.45) is 3.68. The first-order valence-corrected chi connectivity index (χ1v) is 7.85. The molecule has 0 spiro atoms. The lowest BCUT2D eigenvalue weighted by atomic mass is 10.0. The Hall–Kier alpha value is -0.900. The summed E-state index contributed by atoms with van der Waals surface area (Å²) >= 11 is 0. The number of likely N-dealkylation sites (tertiary alicyclic amines) is 1. The smallest absolute Gasteiger partial charge is 0.0473 e. The molecule has 1 saturated heterocycles. The lowest BCUT2D eigenvalue weighted by molar-refractivity contribution is 0.156. The van der Waals surface area contributed by atoms with Crippen molar-refractivity contribution in [3.05, 3.63) is 35.4 Å². The van der Waals surface area contributed by atoms with E-state index in [9.17, 15) is 0 Å². The Morgan fingerprint density at radius 1 is 1.30 bits per heavy atom. The predicted octanol–water partition coefficient (Wildman–Crippen LogP) is 2.27. The highest BCUT2D eigenvalue weighted by Gasteiger charge is 2.30. The number of likely N-dealkylation sites (N-methyl/N-ethyl adjacent to an activating group) is 1. The molecule has 0 radical (unpaired) electrons. The molecule has 2 unspecified atom stereocenters. The summed E-state index contributed by atoms with van der Waals surface area (Å²) in [7, 11) is 4.31. The third kappa shape index (κ3) is 3.60. The Balaban J connectivity index is 2.13. The molecule has 0 aliphatic carbocycles. The van der Waals surface area contributed by atoms with Crippen molar-refractivity contribution in [3.63, 3.8) is 0 Å². The highest BCUT2D eigenvalue weighted by atomic mass is 15.2. The molecule has 1 aliphatic rings. The van der Waals surface area contributed by atoms with Crippen LogP contribution in [0.5, 0.6) is 0 Å². The van der Waals surface area contributed by atoms with Gasteiger partial charge < -0.3 is 10.6 Å². The Labute approximate surface area is 123 Å². The van der Waals surface area contributed by atoms with E-state index in [0.717, 1.165) is 13.0 Å². The summed E-state index contributed by atoms with van der Waals surface area (Å²) < 4.78 is 0. The van der Waals surface area contributed by atoms with Crippen LogP contribution in [0.25, 0.3) is 0 Å². The molecule has 112 valence electrons. The van der Waals surface area contributed by atoms with E-state index in [2.05, 4.69) is 55.1 Å². The van der Waals surface area contributed by atoms with E-state index in [1.807, 2.05) is 0 Å². The van der Waals surface area contributed by atoms with E-state index < -0.39 is 0 Å². The minimum Gasteiger partial charge on any atom is -0.329 e. The van der Waals surface area contributed by atoms with Crippen LogP contribution in [-0.2, 0) is 6.42 Å². The standard InChI is InChI=1S/C17H29N3/c1-4-14-7-9-15(10-8-14)17(12-18)20-11-5-6-16(20)13-19(2)3/h7-10,16-17H,4-6,11-13,18H2,1-3H3. The predicted molar refractivity (Wildman–Crippen MR) is 85.9 cm³/mol. The third-order valence-corrected chi connectivity index (χ3v) is 4.39. The summed E-state index contributed by atoms with van der Waals surface area (Å²) in [6.45, 7) is 5.21. The van der Waals surface area contributed by atoms with Crippen molar-refractivity contribution < 1.29 is 0 Å². The zero-order chi connectivity index (χ0) is 14.5. The van der Waals surface area contributed by atoms with Gasteiger partial charge in [-0.15, -0.1) is 0 Å². The molecule has 0 saturated carbocycles. The zero-order valence-electron chi connectivity index (χ0n) is 13.2. The molecule has 1 fully saturated rings. The molecule has 20 heavy (non-hydrogen) atoms. The van der Waals surface area contributed by atoms with Crippen LogP contribution in [0.4, 0.5) is 0 Å². The van der Waals surface area contributed by atoms with Gasteiger partial charge in [-0.3, -0.25) is 4.90 Å². The van der Waals surface area contributed by atoms with Crippen molar-refractivity contribution in [1.29, 1.82) is 0 Å². The first kappa shape index (κ1) is 15.5. The molecule has 1 aliphatic heterocycles. The van der Waals surface area contributed by atoms with Gasteiger partial charge in [0.15, 0.2) is 0 Å². The first-order valence-electron chi connectivity index (χ1n) is 7.85. The number of benzene rings is 1. The van der Waals surface area contributed by atoms with Gasteiger partial charge in [0.25, 0.3) is 0 Å². The van der Waals surface area contributed by atoms with Crippen LogP contribution in [0, 0.1) is 0 Å². The van der Waals surface area contributed by atoms with Crippen LogP contribution in [0.1, 0.15) is 36.9 Å². The molecule has 0 bridgehead atoms. The van der Waals surface area contributed by atoms with Crippen molar-refractivity contribution in [2.24, 2.45) is 5.73 Å². The third-order valence-electron chi connectivity index (χ3n) is 4.39. The minimum atomic E-state index is 0.369. The summed E-state index contributed by atoms with van der Waals surface area (Å²) in [5.41, 5.74) is 8.86. The van der Waals surface area contributed by atoms with Crippen molar-refractivity contribution in [1.82, 2.24) is 9.80 Å². The summed E-state index contributed by atoms with van der Waals surface area (Å²) in [5.74, 6) is 0. The van der Waals surface area contributed by atoms with E-state index in [-0.39, 0.29) is 0 Å². The van der Waals surface area contributed by atoms with Gasteiger partial charge >= 0.3 is 0 Å². The summed E-state index contributed by atoms with van der Waals surface area (Å²) in [6, 6.07) is 10.0. The molecule has 1 aromatic carbocycles. The van der Waals surface area contributed by atoms with E-state index in [1.54, 1.807) is 0 Å². The maximum absolute atomic E-state index is 6.09. The normalized spacial score (nSPS) is 21.6. The molecule has 3 nitrogen and oxygen atoms in total. The van der Waals surface area contributed by atoms with Crippen LogP contribution in [0.3, 0.4) is 0 Å². The van der Waals surface area contributed by atoms with Gasteiger partial charge in [-0.1, -0.05) is 31.2 Å². The van der Waals surface area contributed by atoms with Crippen LogP contribution >= 0.6 is 0 Å². The molecule has 2 rings (SSSR count). The molecular formula is C17H29N3. The van der Waals surface area contributed by atoms with Crippen LogP contribution in [0.15, 0.2) is 24.3 Å². The number of nitrogens with zero attached hydrogens (tertiary/aromatic N) is 2. The van der Waals surface area contributed by atoms with E-state index in [0.29, 0.717) is 18.6 Å². The molecule has 0 aromatic heterocycles. The largest absolute Gasteiger partial charge is 0.329 e. The minimum absolute atomic E-state index is 0.369. The molecule has 0 amide bonds. The molecule has 2 atom stereocenters. The quantitative estimate of drug-likeness (QED) is 0.864. The Kier molecular flexibility index (Phi) is 5.58. The number of hydrogen-bond acceptors (Lipinski definition) is 3. The molecule has 2 N–H and O–H groups in total. The fourth-order valence-corrected chi connectivity index (χ4v) is 3.32. The molecule has 3 heteroatoms. The van der Waals surface area contributed by atoms with E-state index >= 15 is 0 Å². The second-order valence-corrected chi connectivity index (χ2v) is 6.14. The fraction of sp³-hybridized carbons (Fsp3) is 0.647. The topological polar surface area (TPSA) is 32.5 Å². The van der Waals surface area contributed by atoms with Gasteiger partial charge in [0.2, 0.25) is 0 Å². The van der Waals surface area contributed by atoms with Crippen molar-refractivity contribution in [2.45, 2.75) is 38.3 Å². The molecular weight excluding hydrogens is 246 g/mol. The average molecular weight is 275 g/mol. The van der Waals surface area contributed by atoms with Crippen LogP contribution in [-0.4, -0.2) is 49.6 Å². The Bertz CT molecular complexity index is 399. The maximum atomic E-state index is 6.09. The zero-order valence-corrected chi connectivity index (χ0v) is 13.2. The molecule has 1 aromatic rings. The second kappa shape index (κ2) is 7.21. The van der Waals surface area contributed by atoms with Gasteiger partial charge in [-0.25, -0.2) is 0 Å². The SMILES string of the molecule is CCc1ccc(C(CN)N2CCCC2CN(C)C)cc1. The fourth-order valence-electron chi connectivity index (χ4n) is 3.32. The highest BCUT2D eigenvalue weighted by Crippen LogP contribution is 2.29. The van der Waals surface area contributed by atoms with Crippen molar-refractivity contribution >= 4 is 0 Å². The number of rotatable bonds is 6. The molecule has 1 heterocycles.